The second kappa shape index (κ2) is 4.73. The normalized spacial score (nSPS) is 33.3. The molecule has 3 heteroatoms. The molecule has 2 aliphatic rings. The van der Waals surface area contributed by atoms with Crippen LogP contribution in [-0.2, 0) is 4.74 Å². The van der Waals surface area contributed by atoms with E-state index in [9.17, 15) is 0 Å². The zero-order valence-electron chi connectivity index (χ0n) is 10.4. The van der Waals surface area contributed by atoms with Gasteiger partial charge >= 0.3 is 0 Å². The Morgan fingerprint density at radius 1 is 1.50 bits per heavy atom. The van der Waals surface area contributed by atoms with Crippen LogP contribution in [0.2, 0.25) is 0 Å². The molecule has 90 valence electrons. The molecule has 2 atom stereocenters. The van der Waals surface area contributed by atoms with Crippen molar-refractivity contribution in [2.24, 2.45) is 11.3 Å². The smallest absolute Gasteiger partial charge is 0.0724 e. The lowest BCUT2D eigenvalue weighted by atomic mass is 9.94. The van der Waals surface area contributed by atoms with Crippen LogP contribution in [0, 0.1) is 22.7 Å². The highest BCUT2D eigenvalue weighted by atomic mass is 16.5. The number of hydrogen-bond donors (Lipinski definition) is 0. The maximum atomic E-state index is 8.82. The molecule has 0 spiro atoms. The molecule has 0 aromatic carbocycles. The van der Waals surface area contributed by atoms with Gasteiger partial charge in [-0.1, -0.05) is 6.92 Å². The molecule has 0 amide bonds. The summed E-state index contributed by atoms with van der Waals surface area (Å²) in [6, 6.07) is 2.34. The van der Waals surface area contributed by atoms with Crippen molar-refractivity contribution in [2.45, 2.75) is 38.7 Å². The Balaban J connectivity index is 1.85. The molecule has 0 radical (unpaired) electrons. The summed E-state index contributed by atoms with van der Waals surface area (Å²) in [5, 5.41) is 8.82. The van der Waals surface area contributed by atoms with Crippen LogP contribution in [0.15, 0.2) is 0 Å². The van der Waals surface area contributed by atoms with Crippen LogP contribution >= 0.6 is 0 Å². The van der Waals surface area contributed by atoms with E-state index >= 15 is 0 Å². The largest absolute Gasteiger partial charge is 0.380 e. The Labute approximate surface area is 98.4 Å². The van der Waals surface area contributed by atoms with E-state index in [1.807, 2.05) is 7.11 Å². The number of methoxy groups -OCH3 is 1. The van der Waals surface area contributed by atoms with Crippen LogP contribution in [0.5, 0.6) is 0 Å². The van der Waals surface area contributed by atoms with Crippen LogP contribution in [0.1, 0.15) is 32.6 Å². The van der Waals surface area contributed by atoms with Gasteiger partial charge in [-0.05, 0) is 37.1 Å². The standard InChI is InChI=1S/C13H22N2O/c1-11-3-8-15(9-12(11)16-2)10-13(4-5-13)6-7-14/h11-12H,3-6,8-10H2,1-2H3. The van der Waals surface area contributed by atoms with Crippen LogP contribution in [0.3, 0.4) is 0 Å². The molecule has 1 saturated heterocycles. The van der Waals surface area contributed by atoms with E-state index in [4.69, 9.17) is 10.00 Å². The fourth-order valence-electron chi connectivity index (χ4n) is 2.76. The van der Waals surface area contributed by atoms with Crippen molar-refractivity contribution in [2.75, 3.05) is 26.7 Å². The molecule has 1 saturated carbocycles. The molecule has 0 aromatic rings. The summed E-state index contributed by atoms with van der Waals surface area (Å²) in [5.74, 6) is 0.673. The molecule has 2 fully saturated rings. The summed E-state index contributed by atoms with van der Waals surface area (Å²) in [6.07, 6.45) is 4.82. The molecule has 1 aliphatic carbocycles. The summed E-state index contributed by atoms with van der Waals surface area (Å²) in [4.78, 5) is 2.50. The maximum Gasteiger partial charge on any atom is 0.0724 e. The first-order valence-corrected chi connectivity index (χ1v) is 6.31. The molecule has 1 heterocycles. The zero-order chi connectivity index (χ0) is 11.6. The monoisotopic (exact) mass is 222 g/mol. The highest BCUT2D eigenvalue weighted by Gasteiger charge is 2.44. The number of ether oxygens (including phenoxy) is 1. The van der Waals surface area contributed by atoms with Crippen molar-refractivity contribution < 1.29 is 4.74 Å². The Kier molecular flexibility index (Phi) is 3.51. The van der Waals surface area contributed by atoms with E-state index < -0.39 is 0 Å². The van der Waals surface area contributed by atoms with E-state index in [0.717, 1.165) is 19.5 Å². The molecular weight excluding hydrogens is 200 g/mol. The van der Waals surface area contributed by atoms with Gasteiger partial charge in [0.15, 0.2) is 0 Å². The molecule has 3 nitrogen and oxygen atoms in total. The summed E-state index contributed by atoms with van der Waals surface area (Å²) < 4.78 is 5.52. The average Bonchev–Trinajstić information content (AvgIpc) is 3.01. The lowest BCUT2D eigenvalue weighted by molar-refractivity contribution is -0.0105. The summed E-state index contributed by atoms with van der Waals surface area (Å²) >= 11 is 0. The van der Waals surface area contributed by atoms with Crippen LogP contribution < -0.4 is 0 Å². The Morgan fingerprint density at radius 3 is 2.81 bits per heavy atom. The molecule has 0 bridgehead atoms. The number of rotatable bonds is 4. The molecule has 1 aliphatic heterocycles. The molecule has 0 N–H and O–H groups in total. The first-order chi connectivity index (χ1) is 7.69. The van der Waals surface area contributed by atoms with Crippen molar-refractivity contribution in [3.05, 3.63) is 0 Å². The van der Waals surface area contributed by atoms with Gasteiger partial charge in [0.1, 0.15) is 0 Å². The minimum atomic E-state index is 0.341. The van der Waals surface area contributed by atoms with Gasteiger partial charge in [0, 0.05) is 26.6 Å². The zero-order valence-corrected chi connectivity index (χ0v) is 10.4. The van der Waals surface area contributed by atoms with Crippen molar-refractivity contribution in [1.82, 2.24) is 4.90 Å². The predicted molar refractivity (Wildman–Crippen MR) is 62.9 cm³/mol. The van der Waals surface area contributed by atoms with E-state index in [1.54, 1.807) is 0 Å². The van der Waals surface area contributed by atoms with Gasteiger partial charge in [-0.25, -0.2) is 0 Å². The molecular formula is C13H22N2O. The lowest BCUT2D eigenvalue weighted by Gasteiger charge is -2.37. The third-order valence-electron chi connectivity index (χ3n) is 4.25. The van der Waals surface area contributed by atoms with Crippen LogP contribution in [-0.4, -0.2) is 37.7 Å². The highest BCUT2D eigenvalue weighted by Crippen LogP contribution is 2.49. The van der Waals surface area contributed by atoms with E-state index in [1.165, 1.54) is 25.8 Å². The average molecular weight is 222 g/mol. The topological polar surface area (TPSA) is 36.3 Å². The fraction of sp³-hybridized carbons (Fsp3) is 0.923. The van der Waals surface area contributed by atoms with Gasteiger partial charge in [-0.2, -0.15) is 5.26 Å². The van der Waals surface area contributed by atoms with Gasteiger partial charge < -0.3 is 9.64 Å². The van der Waals surface area contributed by atoms with Gasteiger partial charge in [0.2, 0.25) is 0 Å². The second-order valence-corrected chi connectivity index (χ2v) is 5.61. The van der Waals surface area contributed by atoms with Gasteiger partial charge in [0.05, 0.1) is 12.2 Å². The molecule has 16 heavy (non-hydrogen) atoms. The number of hydrogen-bond acceptors (Lipinski definition) is 3. The van der Waals surface area contributed by atoms with Crippen molar-refractivity contribution in [1.29, 1.82) is 5.26 Å². The minimum absolute atomic E-state index is 0.341. The maximum absolute atomic E-state index is 8.82. The SMILES string of the molecule is COC1CN(CC2(CC#N)CC2)CCC1C. The summed E-state index contributed by atoms with van der Waals surface area (Å²) in [6.45, 7) is 5.60. The quantitative estimate of drug-likeness (QED) is 0.730. The number of likely N-dealkylation sites (tertiary alicyclic amines) is 1. The highest BCUT2D eigenvalue weighted by molar-refractivity contribution is 5.01. The summed E-state index contributed by atoms with van der Waals surface area (Å²) in [5.41, 5.74) is 0.341. The van der Waals surface area contributed by atoms with Gasteiger partial charge in [-0.15, -0.1) is 0 Å². The third-order valence-corrected chi connectivity index (χ3v) is 4.25. The van der Waals surface area contributed by atoms with E-state index in [-0.39, 0.29) is 0 Å². The van der Waals surface area contributed by atoms with Crippen LogP contribution in [0.25, 0.3) is 0 Å². The van der Waals surface area contributed by atoms with Crippen molar-refractivity contribution in [3.63, 3.8) is 0 Å². The minimum Gasteiger partial charge on any atom is -0.380 e. The Bertz CT molecular complexity index is 280. The van der Waals surface area contributed by atoms with Crippen molar-refractivity contribution >= 4 is 0 Å². The second-order valence-electron chi connectivity index (χ2n) is 5.61. The number of nitrogens with zero attached hydrogens (tertiary/aromatic N) is 2. The Morgan fingerprint density at radius 2 is 2.25 bits per heavy atom. The first-order valence-electron chi connectivity index (χ1n) is 6.31. The van der Waals surface area contributed by atoms with Gasteiger partial charge in [0.25, 0.3) is 0 Å². The molecule has 2 rings (SSSR count). The van der Waals surface area contributed by atoms with E-state index in [0.29, 0.717) is 17.4 Å². The summed E-state index contributed by atoms with van der Waals surface area (Å²) in [7, 11) is 1.81. The first kappa shape index (κ1) is 11.9. The van der Waals surface area contributed by atoms with Crippen LogP contribution in [0.4, 0.5) is 0 Å². The lowest BCUT2D eigenvalue weighted by Crippen LogP contribution is -2.45. The third kappa shape index (κ3) is 2.56. The fourth-order valence-corrected chi connectivity index (χ4v) is 2.76. The van der Waals surface area contributed by atoms with Gasteiger partial charge in [-0.3, -0.25) is 0 Å². The molecule has 0 aromatic heterocycles. The molecule has 2 unspecified atom stereocenters. The van der Waals surface area contributed by atoms with E-state index in [2.05, 4.69) is 17.9 Å². The number of nitriles is 1. The Hall–Kier alpha value is -0.590. The number of piperidine rings is 1. The van der Waals surface area contributed by atoms with Crippen molar-refractivity contribution in [3.8, 4) is 6.07 Å². The predicted octanol–water partition coefficient (Wildman–Crippen LogP) is 2.04.